The Balaban J connectivity index is 2.29. The van der Waals surface area contributed by atoms with E-state index in [0.29, 0.717) is 6.04 Å². The Hall–Kier alpha value is -1.87. The van der Waals surface area contributed by atoms with E-state index in [1.165, 1.54) is 18.7 Å². The van der Waals surface area contributed by atoms with Gasteiger partial charge in [0, 0.05) is 6.04 Å². The van der Waals surface area contributed by atoms with Gasteiger partial charge in [-0.1, -0.05) is 30.3 Å². The van der Waals surface area contributed by atoms with Crippen LogP contribution in [0.5, 0.6) is 5.75 Å². The molecule has 0 aromatic heterocycles. The minimum atomic E-state index is -0.340. The SMILES string of the molecule is CNC(C)c1ccc(-c2ccc(OC)c(F)c2)cc1. The topological polar surface area (TPSA) is 21.3 Å². The fourth-order valence-corrected chi connectivity index (χ4v) is 1.98. The summed E-state index contributed by atoms with van der Waals surface area (Å²) in [4.78, 5) is 0. The minimum absolute atomic E-state index is 0.268. The van der Waals surface area contributed by atoms with Crippen molar-refractivity contribution in [1.29, 1.82) is 0 Å². The van der Waals surface area contributed by atoms with Gasteiger partial charge in [0.15, 0.2) is 11.6 Å². The highest BCUT2D eigenvalue weighted by molar-refractivity contribution is 5.64. The van der Waals surface area contributed by atoms with Crippen LogP contribution in [0.3, 0.4) is 0 Å². The molecule has 1 N–H and O–H groups in total. The molecule has 0 aliphatic carbocycles. The first-order chi connectivity index (χ1) is 9.15. The van der Waals surface area contributed by atoms with Gasteiger partial charge in [0.1, 0.15) is 0 Å². The number of benzene rings is 2. The minimum Gasteiger partial charge on any atom is -0.494 e. The van der Waals surface area contributed by atoms with E-state index >= 15 is 0 Å². The summed E-state index contributed by atoms with van der Waals surface area (Å²) in [5, 5.41) is 3.19. The van der Waals surface area contributed by atoms with Crippen LogP contribution >= 0.6 is 0 Å². The van der Waals surface area contributed by atoms with Gasteiger partial charge < -0.3 is 10.1 Å². The van der Waals surface area contributed by atoms with E-state index in [-0.39, 0.29) is 11.6 Å². The monoisotopic (exact) mass is 259 g/mol. The molecular formula is C16H18FNO. The molecule has 3 heteroatoms. The first-order valence-electron chi connectivity index (χ1n) is 6.27. The van der Waals surface area contributed by atoms with E-state index in [9.17, 15) is 4.39 Å². The maximum Gasteiger partial charge on any atom is 0.165 e. The Bertz CT molecular complexity index is 551. The lowest BCUT2D eigenvalue weighted by molar-refractivity contribution is 0.386. The van der Waals surface area contributed by atoms with Crippen molar-refractivity contribution in [2.45, 2.75) is 13.0 Å². The molecule has 0 saturated carbocycles. The van der Waals surface area contributed by atoms with Crippen molar-refractivity contribution >= 4 is 0 Å². The number of methoxy groups -OCH3 is 1. The van der Waals surface area contributed by atoms with Crippen LogP contribution in [0.1, 0.15) is 18.5 Å². The second kappa shape index (κ2) is 5.85. The third-order valence-corrected chi connectivity index (χ3v) is 3.33. The zero-order valence-corrected chi connectivity index (χ0v) is 11.4. The quantitative estimate of drug-likeness (QED) is 0.902. The molecule has 0 aliphatic heterocycles. The van der Waals surface area contributed by atoms with Gasteiger partial charge >= 0.3 is 0 Å². The molecule has 100 valence electrons. The van der Waals surface area contributed by atoms with Gasteiger partial charge in [-0.3, -0.25) is 0 Å². The van der Waals surface area contributed by atoms with E-state index in [0.717, 1.165) is 11.1 Å². The summed E-state index contributed by atoms with van der Waals surface area (Å²) in [5.41, 5.74) is 3.05. The van der Waals surface area contributed by atoms with Crippen LogP contribution in [0, 0.1) is 5.82 Å². The number of hydrogen-bond donors (Lipinski definition) is 1. The Morgan fingerprint density at radius 2 is 1.68 bits per heavy atom. The number of nitrogens with one attached hydrogen (secondary N) is 1. The van der Waals surface area contributed by atoms with Crippen LogP contribution in [0.4, 0.5) is 4.39 Å². The Morgan fingerprint density at radius 1 is 1.05 bits per heavy atom. The van der Waals surface area contributed by atoms with Gasteiger partial charge in [-0.15, -0.1) is 0 Å². The van der Waals surface area contributed by atoms with Crippen molar-refractivity contribution in [2.24, 2.45) is 0 Å². The number of halogens is 1. The second-order valence-corrected chi connectivity index (χ2v) is 4.48. The van der Waals surface area contributed by atoms with Crippen LogP contribution < -0.4 is 10.1 Å². The average molecular weight is 259 g/mol. The summed E-state index contributed by atoms with van der Waals surface area (Å²) in [6.45, 7) is 2.10. The molecule has 1 atom stereocenters. The van der Waals surface area contributed by atoms with Crippen molar-refractivity contribution in [1.82, 2.24) is 5.32 Å². The van der Waals surface area contributed by atoms with E-state index in [4.69, 9.17) is 4.74 Å². The molecule has 0 amide bonds. The zero-order chi connectivity index (χ0) is 13.8. The molecule has 0 heterocycles. The Kier molecular flexibility index (Phi) is 4.17. The van der Waals surface area contributed by atoms with Crippen molar-refractivity contribution in [3.63, 3.8) is 0 Å². The van der Waals surface area contributed by atoms with Crippen molar-refractivity contribution in [3.8, 4) is 16.9 Å². The summed E-state index contributed by atoms with van der Waals surface area (Å²) in [6.07, 6.45) is 0. The summed E-state index contributed by atoms with van der Waals surface area (Å²) in [6, 6.07) is 13.4. The van der Waals surface area contributed by atoms with Crippen molar-refractivity contribution < 1.29 is 9.13 Å². The molecule has 2 nitrogen and oxygen atoms in total. The zero-order valence-electron chi connectivity index (χ0n) is 11.4. The molecule has 2 aromatic rings. The van der Waals surface area contributed by atoms with Gasteiger partial charge in [0.2, 0.25) is 0 Å². The largest absolute Gasteiger partial charge is 0.494 e. The third-order valence-electron chi connectivity index (χ3n) is 3.33. The summed E-state index contributed by atoms with van der Waals surface area (Å²) < 4.78 is 18.6. The lowest BCUT2D eigenvalue weighted by atomic mass is 10.0. The number of ether oxygens (including phenoxy) is 1. The summed E-state index contributed by atoms with van der Waals surface area (Å²) >= 11 is 0. The predicted molar refractivity (Wildman–Crippen MR) is 75.9 cm³/mol. The summed E-state index contributed by atoms with van der Waals surface area (Å²) in [7, 11) is 3.39. The van der Waals surface area contributed by atoms with E-state index in [1.54, 1.807) is 6.07 Å². The van der Waals surface area contributed by atoms with Crippen LogP contribution in [-0.2, 0) is 0 Å². The maximum absolute atomic E-state index is 13.7. The van der Waals surface area contributed by atoms with E-state index in [2.05, 4.69) is 24.4 Å². The number of rotatable bonds is 4. The summed E-state index contributed by atoms with van der Waals surface area (Å²) in [5.74, 6) is -0.0724. The van der Waals surface area contributed by atoms with Gasteiger partial charge in [-0.05, 0) is 42.8 Å². The van der Waals surface area contributed by atoms with Crippen LogP contribution in [0.2, 0.25) is 0 Å². The molecule has 0 aliphatic rings. The van der Waals surface area contributed by atoms with Crippen LogP contribution in [0.15, 0.2) is 42.5 Å². The molecule has 0 spiro atoms. The first-order valence-corrected chi connectivity index (χ1v) is 6.27. The highest BCUT2D eigenvalue weighted by atomic mass is 19.1. The highest BCUT2D eigenvalue weighted by Crippen LogP contribution is 2.26. The second-order valence-electron chi connectivity index (χ2n) is 4.48. The van der Waals surface area contributed by atoms with Crippen LogP contribution in [-0.4, -0.2) is 14.2 Å². The highest BCUT2D eigenvalue weighted by Gasteiger charge is 2.06. The van der Waals surface area contributed by atoms with Gasteiger partial charge in [0.25, 0.3) is 0 Å². The molecule has 0 bridgehead atoms. The predicted octanol–water partition coefficient (Wildman–Crippen LogP) is 3.78. The smallest absolute Gasteiger partial charge is 0.165 e. The van der Waals surface area contributed by atoms with Gasteiger partial charge in [-0.2, -0.15) is 0 Å². The molecule has 19 heavy (non-hydrogen) atoms. The lowest BCUT2D eigenvalue weighted by Gasteiger charge is -2.11. The molecule has 0 saturated heterocycles. The van der Waals surface area contributed by atoms with Gasteiger partial charge in [0.05, 0.1) is 7.11 Å². The van der Waals surface area contributed by atoms with Gasteiger partial charge in [-0.25, -0.2) is 4.39 Å². The number of hydrogen-bond acceptors (Lipinski definition) is 2. The molecule has 0 radical (unpaired) electrons. The molecule has 2 aromatic carbocycles. The fourth-order valence-electron chi connectivity index (χ4n) is 1.98. The molecule has 2 rings (SSSR count). The first kappa shape index (κ1) is 13.6. The standard InChI is InChI=1S/C16H18FNO/c1-11(18-2)12-4-6-13(7-5-12)14-8-9-16(19-3)15(17)10-14/h4-11,18H,1-3H3. The van der Waals surface area contributed by atoms with E-state index < -0.39 is 0 Å². The van der Waals surface area contributed by atoms with E-state index in [1.807, 2.05) is 25.2 Å². The van der Waals surface area contributed by atoms with Crippen molar-refractivity contribution in [3.05, 3.63) is 53.8 Å². The maximum atomic E-state index is 13.7. The van der Waals surface area contributed by atoms with Crippen LogP contribution in [0.25, 0.3) is 11.1 Å². The lowest BCUT2D eigenvalue weighted by Crippen LogP contribution is -2.11. The molecular weight excluding hydrogens is 241 g/mol. The Morgan fingerprint density at radius 3 is 2.21 bits per heavy atom. The fraction of sp³-hybridized carbons (Fsp3) is 0.250. The molecule has 1 unspecified atom stereocenters. The third kappa shape index (κ3) is 2.93. The normalized spacial score (nSPS) is 12.2. The van der Waals surface area contributed by atoms with Crippen molar-refractivity contribution in [2.75, 3.05) is 14.2 Å². The molecule has 0 fully saturated rings. The Labute approximate surface area is 113 Å². The average Bonchev–Trinajstić information content (AvgIpc) is 2.46.